The van der Waals surface area contributed by atoms with Crippen LogP contribution in [0.15, 0.2) is 18.2 Å². The van der Waals surface area contributed by atoms with E-state index >= 15 is 0 Å². The van der Waals surface area contributed by atoms with E-state index in [1.807, 2.05) is 12.1 Å². The Morgan fingerprint density at radius 2 is 1.90 bits per heavy atom. The molecule has 3 heteroatoms. The lowest BCUT2D eigenvalue weighted by Gasteiger charge is -2.19. The molecule has 0 amide bonds. The summed E-state index contributed by atoms with van der Waals surface area (Å²) in [6.45, 7) is 11.2. The van der Waals surface area contributed by atoms with Crippen LogP contribution >= 0.6 is 0 Å². The molecule has 0 aromatic heterocycles. The van der Waals surface area contributed by atoms with E-state index in [9.17, 15) is 0 Å². The van der Waals surface area contributed by atoms with Crippen LogP contribution in [0.5, 0.6) is 0 Å². The molecule has 1 aromatic carbocycles. The second kappa shape index (κ2) is 7.42. The monoisotopic (exact) mass is 271 g/mol. The van der Waals surface area contributed by atoms with Gasteiger partial charge in [0.25, 0.3) is 0 Å². The highest BCUT2D eigenvalue weighted by Crippen LogP contribution is 2.23. The van der Waals surface area contributed by atoms with Crippen molar-refractivity contribution in [3.05, 3.63) is 34.9 Å². The maximum Gasteiger partial charge on any atom is 0.0991 e. The zero-order chi connectivity index (χ0) is 14.4. The summed E-state index contributed by atoms with van der Waals surface area (Å²) in [7, 11) is 0. The number of unbranched alkanes of at least 4 members (excludes halogenated alkanes) is 1. The molecule has 108 valence electrons. The lowest BCUT2D eigenvalue weighted by atomic mass is 10.1. The molecule has 1 aliphatic rings. The molecule has 20 heavy (non-hydrogen) atoms. The second-order valence-electron chi connectivity index (χ2n) is 5.54. The molecular formula is C17H25N3. The SMILES string of the molecule is CCN(CC)CCCCN1Cc2ccc(C#N)cc2C1. The number of hydrogen-bond donors (Lipinski definition) is 0. The molecule has 0 aliphatic carbocycles. The lowest BCUT2D eigenvalue weighted by Crippen LogP contribution is -2.25. The predicted molar refractivity (Wildman–Crippen MR) is 82.3 cm³/mol. The molecule has 0 bridgehead atoms. The highest BCUT2D eigenvalue weighted by molar-refractivity contribution is 5.39. The molecule has 0 radical (unpaired) electrons. The molecule has 3 nitrogen and oxygen atoms in total. The summed E-state index contributed by atoms with van der Waals surface area (Å²) in [5.41, 5.74) is 3.52. The van der Waals surface area contributed by atoms with Gasteiger partial charge in [-0.25, -0.2) is 0 Å². The van der Waals surface area contributed by atoms with Crippen molar-refractivity contribution in [1.29, 1.82) is 5.26 Å². The largest absolute Gasteiger partial charge is 0.304 e. The van der Waals surface area contributed by atoms with Crippen LogP contribution in [-0.2, 0) is 13.1 Å². The van der Waals surface area contributed by atoms with Gasteiger partial charge in [0, 0.05) is 13.1 Å². The minimum absolute atomic E-state index is 0.784. The van der Waals surface area contributed by atoms with Gasteiger partial charge < -0.3 is 4.90 Å². The highest BCUT2D eigenvalue weighted by Gasteiger charge is 2.18. The molecule has 0 N–H and O–H groups in total. The van der Waals surface area contributed by atoms with Crippen molar-refractivity contribution in [3.8, 4) is 6.07 Å². The molecule has 1 heterocycles. The number of rotatable bonds is 7. The van der Waals surface area contributed by atoms with Gasteiger partial charge in [-0.15, -0.1) is 0 Å². The van der Waals surface area contributed by atoms with Crippen LogP contribution in [0.3, 0.4) is 0 Å². The van der Waals surface area contributed by atoms with E-state index in [0.29, 0.717) is 0 Å². The predicted octanol–water partition coefficient (Wildman–Crippen LogP) is 3.00. The van der Waals surface area contributed by atoms with Crippen LogP contribution < -0.4 is 0 Å². The Morgan fingerprint density at radius 1 is 1.15 bits per heavy atom. The first-order valence-corrected chi connectivity index (χ1v) is 7.73. The van der Waals surface area contributed by atoms with Gasteiger partial charge in [-0.3, -0.25) is 4.90 Å². The molecular weight excluding hydrogens is 246 g/mol. The first-order chi connectivity index (χ1) is 9.76. The Balaban J connectivity index is 1.74. The van der Waals surface area contributed by atoms with E-state index < -0.39 is 0 Å². The molecule has 2 rings (SSSR count). The van der Waals surface area contributed by atoms with E-state index in [1.54, 1.807) is 0 Å². The maximum absolute atomic E-state index is 8.94. The summed E-state index contributed by atoms with van der Waals surface area (Å²) in [5.74, 6) is 0. The van der Waals surface area contributed by atoms with Gasteiger partial charge in [0.15, 0.2) is 0 Å². The molecule has 0 saturated heterocycles. The van der Waals surface area contributed by atoms with Crippen molar-refractivity contribution in [2.75, 3.05) is 26.2 Å². The van der Waals surface area contributed by atoms with Crippen molar-refractivity contribution < 1.29 is 0 Å². The fourth-order valence-electron chi connectivity index (χ4n) is 2.90. The average molecular weight is 271 g/mol. The summed E-state index contributed by atoms with van der Waals surface area (Å²) in [5, 5.41) is 8.94. The summed E-state index contributed by atoms with van der Waals surface area (Å²) in [6.07, 6.45) is 2.54. The molecule has 0 spiro atoms. The van der Waals surface area contributed by atoms with Gasteiger partial charge in [-0.1, -0.05) is 19.9 Å². The van der Waals surface area contributed by atoms with Crippen LogP contribution in [0, 0.1) is 11.3 Å². The minimum atomic E-state index is 0.784. The lowest BCUT2D eigenvalue weighted by molar-refractivity contribution is 0.255. The van der Waals surface area contributed by atoms with Crippen molar-refractivity contribution >= 4 is 0 Å². The topological polar surface area (TPSA) is 30.3 Å². The van der Waals surface area contributed by atoms with Crippen molar-refractivity contribution in [1.82, 2.24) is 9.80 Å². The third-order valence-electron chi connectivity index (χ3n) is 4.22. The number of hydrogen-bond acceptors (Lipinski definition) is 3. The molecule has 0 atom stereocenters. The minimum Gasteiger partial charge on any atom is -0.304 e. The quantitative estimate of drug-likeness (QED) is 0.714. The second-order valence-corrected chi connectivity index (χ2v) is 5.54. The van der Waals surface area contributed by atoms with Gasteiger partial charge in [0.1, 0.15) is 0 Å². The third-order valence-corrected chi connectivity index (χ3v) is 4.22. The molecule has 0 saturated carbocycles. The van der Waals surface area contributed by atoms with Gasteiger partial charge in [0.2, 0.25) is 0 Å². The van der Waals surface area contributed by atoms with Crippen LogP contribution in [0.1, 0.15) is 43.4 Å². The highest BCUT2D eigenvalue weighted by atomic mass is 15.1. The van der Waals surface area contributed by atoms with E-state index in [0.717, 1.165) is 38.3 Å². The number of nitrogens with zero attached hydrogens (tertiary/aromatic N) is 3. The van der Waals surface area contributed by atoms with Crippen molar-refractivity contribution in [2.24, 2.45) is 0 Å². The summed E-state index contributed by atoms with van der Waals surface area (Å²) in [6, 6.07) is 8.32. The summed E-state index contributed by atoms with van der Waals surface area (Å²) in [4.78, 5) is 4.98. The fourth-order valence-corrected chi connectivity index (χ4v) is 2.90. The Labute approximate surface area is 122 Å². The van der Waals surface area contributed by atoms with E-state index in [-0.39, 0.29) is 0 Å². The maximum atomic E-state index is 8.94. The zero-order valence-electron chi connectivity index (χ0n) is 12.7. The zero-order valence-corrected chi connectivity index (χ0v) is 12.7. The van der Waals surface area contributed by atoms with Gasteiger partial charge in [-0.05, 0) is 62.3 Å². The summed E-state index contributed by atoms with van der Waals surface area (Å²) >= 11 is 0. The third kappa shape index (κ3) is 3.82. The van der Waals surface area contributed by atoms with Crippen molar-refractivity contribution in [3.63, 3.8) is 0 Å². The van der Waals surface area contributed by atoms with E-state index in [4.69, 9.17) is 5.26 Å². The smallest absolute Gasteiger partial charge is 0.0991 e. The molecule has 1 aliphatic heterocycles. The van der Waals surface area contributed by atoms with Crippen LogP contribution in [0.2, 0.25) is 0 Å². The molecule has 1 aromatic rings. The number of nitriles is 1. The first-order valence-electron chi connectivity index (χ1n) is 7.73. The van der Waals surface area contributed by atoms with Gasteiger partial charge in [-0.2, -0.15) is 5.26 Å². The number of benzene rings is 1. The first kappa shape index (κ1) is 15.0. The molecule has 0 fully saturated rings. The van der Waals surface area contributed by atoms with Gasteiger partial charge >= 0.3 is 0 Å². The van der Waals surface area contributed by atoms with Crippen molar-refractivity contribution in [2.45, 2.75) is 39.8 Å². The summed E-state index contributed by atoms with van der Waals surface area (Å²) < 4.78 is 0. The van der Waals surface area contributed by atoms with E-state index in [2.05, 4.69) is 35.8 Å². The Morgan fingerprint density at radius 3 is 2.60 bits per heavy atom. The average Bonchev–Trinajstić information content (AvgIpc) is 2.89. The van der Waals surface area contributed by atoms with E-state index in [1.165, 1.54) is 30.5 Å². The Hall–Kier alpha value is -1.37. The fraction of sp³-hybridized carbons (Fsp3) is 0.588. The Kier molecular flexibility index (Phi) is 5.58. The van der Waals surface area contributed by atoms with Crippen LogP contribution in [0.25, 0.3) is 0 Å². The van der Waals surface area contributed by atoms with Gasteiger partial charge in [0.05, 0.1) is 11.6 Å². The van der Waals surface area contributed by atoms with Crippen LogP contribution in [0.4, 0.5) is 0 Å². The number of fused-ring (bicyclic) bond motifs is 1. The standard InChI is InChI=1S/C17H25N3/c1-3-19(4-2)9-5-6-10-20-13-16-8-7-15(12-18)11-17(16)14-20/h7-8,11H,3-6,9-10,13-14H2,1-2H3. The Bertz CT molecular complexity index is 472. The molecule has 0 unspecified atom stereocenters. The van der Waals surface area contributed by atoms with Crippen LogP contribution in [-0.4, -0.2) is 36.0 Å². The normalized spacial score (nSPS) is 14.5.